The zero-order chi connectivity index (χ0) is 20.8. The molecule has 0 atom stereocenters. The minimum absolute atomic E-state index is 0.0822. The second kappa shape index (κ2) is 8.75. The number of pyridine rings is 1. The molecule has 3 rings (SSSR count). The molecule has 0 bridgehead atoms. The molecule has 1 heterocycles. The molecule has 2 amide bonds. The summed E-state index contributed by atoms with van der Waals surface area (Å²) in [5.74, 6) is -0.444. The Labute approximate surface area is 166 Å². The van der Waals surface area contributed by atoms with Crippen molar-refractivity contribution in [3.8, 4) is 5.75 Å². The van der Waals surface area contributed by atoms with Crippen LogP contribution in [0.15, 0.2) is 71.7 Å². The number of nitrogens with one attached hydrogen (secondary N) is 1. The number of rotatable bonds is 7. The van der Waals surface area contributed by atoms with E-state index < -0.39 is 17.4 Å². The van der Waals surface area contributed by atoms with Crippen LogP contribution in [0.4, 0.5) is 5.69 Å². The van der Waals surface area contributed by atoms with E-state index in [0.29, 0.717) is 17.0 Å². The van der Waals surface area contributed by atoms with Gasteiger partial charge in [-0.3, -0.25) is 14.4 Å². The highest BCUT2D eigenvalue weighted by molar-refractivity contribution is 6.04. The van der Waals surface area contributed by atoms with Crippen molar-refractivity contribution in [2.45, 2.75) is 6.61 Å². The number of nitrogens with zero attached hydrogens (tertiary/aromatic N) is 1. The Morgan fingerprint density at radius 1 is 1.03 bits per heavy atom. The van der Waals surface area contributed by atoms with Crippen LogP contribution in [0.2, 0.25) is 0 Å². The lowest BCUT2D eigenvalue weighted by Gasteiger charge is -2.11. The van der Waals surface area contributed by atoms with Gasteiger partial charge in [-0.1, -0.05) is 12.1 Å². The molecular formula is C21H19N3O5. The summed E-state index contributed by atoms with van der Waals surface area (Å²) >= 11 is 0. The van der Waals surface area contributed by atoms with Gasteiger partial charge >= 0.3 is 0 Å². The number of nitrogens with two attached hydrogens (primary N) is 1. The van der Waals surface area contributed by atoms with Gasteiger partial charge in [0.05, 0.1) is 7.11 Å². The normalized spacial score (nSPS) is 10.2. The van der Waals surface area contributed by atoms with E-state index in [1.54, 1.807) is 25.3 Å². The van der Waals surface area contributed by atoms with Crippen LogP contribution in [0.3, 0.4) is 0 Å². The van der Waals surface area contributed by atoms with Gasteiger partial charge in [0.25, 0.3) is 11.5 Å². The second-order valence-corrected chi connectivity index (χ2v) is 6.07. The molecule has 0 spiro atoms. The first-order chi connectivity index (χ1) is 14.0. The van der Waals surface area contributed by atoms with Crippen molar-refractivity contribution in [2.24, 2.45) is 5.73 Å². The number of carbonyl (C=O) groups excluding carboxylic acids is 2. The van der Waals surface area contributed by atoms with E-state index in [4.69, 9.17) is 15.3 Å². The van der Waals surface area contributed by atoms with Crippen LogP contribution in [-0.4, -0.2) is 23.7 Å². The molecule has 2 aromatic carbocycles. The molecule has 148 valence electrons. The van der Waals surface area contributed by atoms with E-state index in [1.807, 2.05) is 12.1 Å². The molecule has 0 fully saturated rings. The van der Waals surface area contributed by atoms with E-state index >= 15 is 0 Å². The molecule has 3 N–H and O–H groups in total. The van der Waals surface area contributed by atoms with E-state index in [-0.39, 0.29) is 12.2 Å². The van der Waals surface area contributed by atoms with Crippen molar-refractivity contribution >= 4 is 17.5 Å². The van der Waals surface area contributed by atoms with Crippen molar-refractivity contribution in [2.75, 3.05) is 12.4 Å². The van der Waals surface area contributed by atoms with Crippen LogP contribution in [-0.2, 0) is 6.61 Å². The lowest BCUT2D eigenvalue weighted by Crippen LogP contribution is -2.32. The van der Waals surface area contributed by atoms with Crippen molar-refractivity contribution in [1.82, 2.24) is 4.73 Å². The minimum Gasteiger partial charge on any atom is -0.497 e. The van der Waals surface area contributed by atoms with Gasteiger partial charge in [-0.2, -0.15) is 4.73 Å². The SMILES string of the molecule is COc1ccc(COn2cccc(C(=O)Nc3ccc(C(N)=O)cc3)c2=O)cc1. The number of hydrogen-bond donors (Lipinski definition) is 2. The fraction of sp³-hybridized carbons (Fsp3) is 0.0952. The highest BCUT2D eigenvalue weighted by atomic mass is 16.7. The molecule has 0 aliphatic heterocycles. The number of hydrogen-bond acceptors (Lipinski definition) is 5. The number of benzene rings is 2. The molecule has 0 aliphatic carbocycles. The van der Waals surface area contributed by atoms with Gasteiger partial charge in [-0.05, 0) is 54.1 Å². The second-order valence-electron chi connectivity index (χ2n) is 6.07. The Balaban J connectivity index is 1.70. The standard InChI is InChI=1S/C21H19N3O5/c1-28-17-10-4-14(5-11-17)13-29-24-12-2-3-18(21(24)27)20(26)23-16-8-6-15(7-9-16)19(22)25/h2-12H,13H2,1H3,(H2,22,25)(H,23,26). The number of anilines is 1. The summed E-state index contributed by atoms with van der Waals surface area (Å²) < 4.78 is 6.11. The fourth-order valence-electron chi connectivity index (χ4n) is 2.53. The first-order valence-corrected chi connectivity index (χ1v) is 8.67. The van der Waals surface area contributed by atoms with Crippen LogP contribution in [0.1, 0.15) is 26.3 Å². The Hall–Kier alpha value is -4.07. The predicted octanol–water partition coefficient (Wildman–Crippen LogP) is 1.84. The molecule has 8 nitrogen and oxygen atoms in total. The van der Waals surface area contributed by atoms with Crippen LogP contribution in [0.5, 0.6) is 5.75 Å². The number of methoxy groups -OCH3 is 1. The topological polar surface area (TPSA) is 113 Å². The van der Waals surface area contributed by atoms with E-state index in [1.165, 1.54) is 36.5 Å². The monoisotopic (exact) mass is 393 g/mol. The third kappa shape index (κ3) is 4.81. The van der Waals surface area contributed by atoms with Gasteiger partial charge in [0, 0.05) is 17.4 Å². The lowest BCUT2D eigenvalue weighted by molar-refractivity contribution is 0.0863. The summed E-state index contributed by atoms with van der Waals surface area (Å²) in [6.45, 7) is 0.142. The Bertz CT molecular complexity index is 1070. The molecular weight excluding hydrogens is 374 g/mol. The smallest absolute Gasteiger partial charge is 0.295 e. The average Bonchev–Trinajstić information content (AvgIpc) is 2.73. The maximum Gasteiger partial charge on any atom is 0.295 e. The van der Waals surface area contributed by atoms with Crippen molar-refractivity contribution in [3.05, 3.63) is 93.9 Å². The summed E-state index contributed by atoms with van der Waals surface area (Å²) in [6, 6.07) is 16.2. The molecule has 0 saturated heterocycles. The van der Waals surface area contributed by atoms with E-state index in [0.717, 1.165) is 10.3 Å². The van der Waals surface area contributed by atoms with Crippen molar-refractivity contribution < 1.29 is 19.2 Å². The predicted molar refractivity (Wildman–Crippen MR) is 107 cm³/mol. The van der Waals surface area contributed by atoms with Crippen LogP contribution >= 0.6 is 0 Å². The Morgan fingerprint density at radius 2 is 1.72 bits per heavy atom. The maximum atomic E-state index is 12.6. The number of carbonyl (C=O) groups is 2. The molecule has 0 radical (unpaired) electrons. The van der Waals surface area contributed by atoms with Gasteiger partial charge < -0.3 is 20.6 Å². The Kier molecular flexibility index (Phi) is 5.94. The van der Waals surface area contributed by atoms with Crippen LogP contribution in [0, 0.1) is 0 Å². The number of amides is 2. The molecule has 1 aromatic heterocycles. The third-order valence-corrected chi connectivity index (χ3v) is 4.12. The molecule has 0 unspecified atom stereocenters. The zero-order valence-corrected chi connectivity index (χ0v) is 15.6. The van der Waals surface area contributed by atoms with E-state index in [9.17, 15) is 14.4 Å². The summed E-state index contributed by atoms with van der Waals surface area (Å²) in [5, 5.41) is 2.61. The largest absolute Gasteiger partial charge is 0.497 e. The van der Waals surface area contributed by atoms with Gasteiger partial charge in [0.15, 0.2) is 0 Å². The highest BCUT2D eigenvalue weighted by Gasteiger charge is 2.13. The lowest BCUT2D eigenvalue weighted by atomic mass is 10.2. The Morgan fingerprint density at radius 3 is 2.34 bits per heavy atom. The summed E-state index contributed by atoms with van der Waals surface area (Å²) in [5.41, 5.74) is 6.09. The molecule has 3 aromatic rings. The maximum absolute atomic E-state index is 12.6. The minimum atomic E-state index is -0.593. The first kappa shape index (κ1) is 19.7. The van der Waals surface area contributed by atoms with Crippen molar-refractivity contribution in [1.29, 1.82) is 0 Å². The van der Waals surface area contributed by atoms with Gasteiger partial charge in [-0.25, -0.2) is 0 Å². The molecule has 8 heteroatoms. The van der Waals surface area contributed by atoms with Crippen molar-refractivity contribution in [3.63, 3.8) is 0 Å². The molecule has 0 saturated carbocycles. The first-order valence-electron chi connectivity index (χ1n) is 8.67. The summed E-state index contributed by atoms with van der Waals surface area (Å²) in [4.78, 5) is 41.6. The average molecular weight is 393 g/mol. The van der Waals surface area contributed by atoms with Gasteiger partial charge in [-0.15, -0.1) is 0 Å². The third-order valence-electron chi connectivity index (χ3n) is 4.12. The van der Waals surface area contributed by atoms with E-state index in [2.05, 4.69) is 5.32 Å². The number of primary amides is 1. The highest BCUT2D eigenvalue weighted by Crippen LogP contribution is 2.12. The summed E-state index contributed by atoms with van der Waals surface area (Å²) in [6.07, 6.45) is 1.43. The molecule has 29 heavy (non-hydrogen) atoms. The van der Waals surface area contributed by atoms with Gasteiger partial charge in [0.1, 0.15) is 17.9 Å². The molecule has 0 aliphatic rings. The van der Waals surface area contributed by atoms with Crippen LogP contribution in [0.25, 0.3) is 0 Å². The summed E-state index contributed by atoms with van der Waals surface area (Å²) in [7, 11) is 1.58. The number of aromatic nitrogens is 1. The fourth-order valence-corrected chi connectivity index (χ4v) is 2.53. The quantitative estimate of drug-likeness (QED) is 0.636. The number of ether oxygens (including phenoxy) is 1. The van der Waals surface area contributed by atoms with Gasteiger partial charge in [0.2, 0.25) is 5.91 Å². The zero-order valence-electron chi connectivity index (χ0n) is 15.6. The van der Waals surface area contributed by atoms with Crippen LogP contribution < -0.4 is 26.2 Å².